The topological polar surface area (TPSA) is 75.5 Å². The van der Waals surface area contributed by atoms with Crippen LogP contribution < -0.4 is 9.64 Å². The molecule has 6 nitrogen and oxygen atoms in total. The summed E-state index contributed by atoms with van der Waals surface area (Å²) < 4.78 is 20.7. The summed E-state index contributed by atoms with van der Waals surface area (Å²) in [7, 11) is 0. The van der Waals surface area contributed by atoms with E-state index in [1.165, 1.54) is 11.6 Å². The van der Waals surface area contributed by atoms with Crippen molar-refractivity contribution in [2.75, 3.05) is 24.6 Å². The molecule has 4 rings (SSSR count). The second-order valence-corrected chi connectivity index (χ2v) is 10.4. The summed E-state index contributed by atoms with van der Waals surface area (Å²) >= 11 is 0. The van der Waals surface area contributed by atoms with Crippen LogP contribution >= 0.6 is 0 Å². The molecule has 0 radical (unpaired) electrons. The van der Waals surface area contributed by atoms with E-state index in [4.69, 9.17) is 4.74 Å². The second kappa shape index (κ2) is 10.6. The fourth-order valence-corrected chi connectivity index (χ4v) is 4.60. The predicted octanol–water partition coefficient (Wildman–Crippen LogP) is 5.77. The highest BCUT2D eigenvalue weighted by Crippen LogP contribution is 2.40. The van der Waals surface area contributed by atoms with E-state index in [0.29, 0.717) is 35.4 Å². The molecule has 0 bridgehead atoms. The highest BCUT2D eigenvalue weighted by molar-refractivity contribution is 5.84. The Morgan fingerprint density at radius 3 is 2.44 bits per heavy atom. The van der Waals surface area contributed by atoms with Gasteiger partial charge in [-0.25, -0.2) is 9.37 Å². The zero-order valence-electron chi connectivity index (χ0n) is 21.5. The molecule has 2 aromatic heterocycles. The third-order valence-electron chi connectivity index (χ3n) is 6.99. The molecule has 7 heteroatoms. The highest BCUT2D eigenvalue weighted by Gasteiger charge is 2.29. The monoisotopic (exact) mass is 491 g/mol. The first-order valence-electron chi connectivity index (χ1n) is 12.4. The average molecular weight is 492 g/mol. The number of rotatable bonds is 8. The Morgan fingerprint density at radius 2 is 1.81 bits per heavy atom. The van der Waals surface area contributed by atoms with E-state index in [0.717, 1.165) is 37.2 Å². The van der Waals surface area contributed by atoms with Gasteiger partial charge < -0.3 is 14.7 Å². The van der Waals surface area contributed by atoms with Gasteiger partial charge in [-0.15, -0.1) is 0 Å². The summed E-state index contributed by atoms with van der Waals surface area (Å²) in [4.78, 5) is 22.6. The van der Waals surface area contributed by atoms with E-state index < -0.39 is 11.8 Å². The number of carbonyl (C=O) groups is 1. The van der Waals surface area contributed by atoms with Gasteiger partial charge in [0, 0.05) is 54.3 Å². The summed E-state index contributed by atoms with van der Waals surface area (Å²) in [6.45, 7) is 10.3. The molecule has 1 aliphatic heterocycles. The highest BCUT2D eigenvalue weighted by atomic mass is 19.1. The van der Waals surface area contributed by atoms with Gasteiger partial charge in [-0.2, -0.15) is 0 Å². The number of anilines is 1. The van der Waals surface area contributed by atoms with Crippen molar-refractivity contribution in [1.29, 1.82) is 0 Å². The number of benzene rings is 1. The molecule has 0 aliphatic carbocycles. The fraction of sp³-hybridized carbons (Fsp3) is 0.414. The summed E-state index contributed by atoms with van der Waals surface area (Å²) in [5.41, 5.74) is 5.93. The van der Waals surface area contributed by atoms with Crippen LogP contribution in [0.1, 0.15) is 49.1 Å². The minimum absolute atomic E-state index is 0.0436. The third kappa shape index (κ3) is 6.01. The molecule has 1 N–H and O–H groups in total. The van der Waals surface area contributed by atoms with Gasteiger partial charge in [-0.1, -0.05) is 43.7 Å². The Morgan fingerprint density at radius 1 is 1.11 bits per heavy atom. The van der Waals surface area contributed by atoms with E-state index >= 15 is 4.39 Å². The molecule has 3 aromatic rings. The van der Waals surface area contributed by atoms with E-state index in [1.807, 2.05) is 38.1 Å². The average Bonchev–Trinajstić information content (AvgIpc) is 2.82. The molecule has 1 fully saturated rings. The maximum atomic E-state index is 15.1. The molecular formula is C29H34FN3O3. The van der Waals surface area contributed by atoms with Crippen molar-refractivity contribution in [3.63, 3.8) is 0 Å². The molecule has 1 aliphatic rings. The first kappa shape index (κ1) is 25.6. The number of piperidine rings is 1. The number of halogens is 1. The van der Waals surface area contributed by atoms with Crippen molar-refractivity contribution in [3.05, 3.63) is 70.9 Å². The van der Waals surface area contributed by atoms with Gasteiger partial charge in [-0.05, 0) is 43.7 Å². The standard InChI is InChI=1S/C29H34FN3O3/c1-19-5-7-21(8-6-19)9-14-36-28-25(30)15-22(17-32-28)24-18-31-20(2)23(16-26(34)35)27(24)33-12-10-29(3,4)11-13-33/h5-8,15,17-18H,9-14,16H2,1-4H3,(H,34,35). The first-order chi connectivity index (χ1) is 17.1. The number of ether oxygens (including phenoxy) is 1. The SMILES string of the molecule is Cc1ccc(CCOc2ncc(-c3cnc(C)c(CC(=O)O)c3N3CCC(C)(C)CC3)cc2F)cc1. The number of hydrogen-bond acceptors (Lipinski definition) is 5. The summed E-state index contributed by atoms with van der Waals surface area (Å²) in [6, 6.07) is 9.56. The van der Waals surface area contributed by atoms with Gasteiger partial charge in [0.1, 0.15) is 0 Å². The Hall–Kier alpha value is -3.48. The predicted molar refractivity (Wildman–Crippen MR) is 139 cm³/mol. The van der Waals surface area contributed by atoms with Crippen molar-refractivity contribution in [2.24, 2.45) is 5.41 Å². The van der Waals surface area contributed by atoms with E-state index in [2.05, 4.69) is 28.7 Å². The third-order valence-corrected chi connectivity index (χ3v) is 6.99. The van der Waals surface area contributed by atoms with Crippen molar-refractivity contribution in [2.45, 2.75) is 53.4 Å². The van der Waals surface area contributed by atoms with E-state index in [1.54, 1.807) is 12.4 Å². The Bertz CT molecular complexity index is 1230. The second-order valence-electron chi connectivity index (χ2n) is 10.4. The Balaban J connectivity index is 1.61. The van der Waals surface area contributed by atoms with E-state index in [-0.39, 0.29) is 17.7 Å². The largest absolute Gasteiger partial charge is 0.481 e. The maximum Gasteiger partial charge on any atom is 0.307 e. The molecule has 0 amide bonds. The number of carboxylic acid groups (broad SMARTS) is 1. The zero-order valence-corrected chi connectivity index (χ0v) is 21.5. The lowest BCUT2D eigenvalue weighted by atomic mass is 9.82. The molecule has 190 valence electrons. The van der Waals surface area contributed by atoms with Crippen LogP contribution in [0.4, 0.5) is 10.1 Å². The smallest absolute Gasteiger partial charge is 0.307 e. The quantitative estimate of drug-likeness (QED) is 0.431. The molecule has 1 saturated heterocycles. The lowest BCUT2D eigenvalue weighted by molar-refractivity contribution is -0.136. The summed E-state index contributed by atoms with van der Waals surface area (Å²) in [5.74, 6) is -1.52. The van der Waals surface area contributed by atoms with Gasteiger partial charge in [0.15, 0.2) is 5.82 Å². The number of nitrogens with zero attached hydrogens (tertiary/aromatic N) is 3. The maximum absolute atomic E-state index is 15.1. The number of aromatic nitrogens is 2. The van der Waals surface area contributed by atoms with Gasteiger partial charge >= 0.3 is 5.97 Å². The van der Waals surface area contributed by atoms with Gasteiger partial charge in [0.05, 0.1) is 18.7 Å². The summed E-state index contributed by atoms with van der Waals surface area (Å²) in [6.07, 6.45) is 5.77. The lowest BCUT2D eigenvalue weighted by Gasteiger charge is -2.40. The van der Waals surface area contributed by atoms with Gasteiger partial charge in [0.25, 0.3) is 0 Å². The first-order valence-corrected chi connectivity index (χ1v) is 12.4. The molecule has 0 saturated carbocycles. The zero-order chi connectivity index (χ0) is 25.9. The molecule has 3 heterocycles. The van der Waals surface area contributed by atoms with Crippen molar-refractivity contribution in [3.8, 4) is 17.0 Å². The van der Waals surface area contributed by atoms with Crippen LogP contribution in [-0.2, 0) is 17.6 Å². The van der Waals surface area contributed by atoms with Crippen molar-refractivity contribution >= 4 is 11.7 Å². The molecule has 0 spiro atoms. The van der Waals surface area contributed by atoms with Crippen LogP contribution in [0.25, 0.3) is 11.1 Å². The van der Waals surface area contributed by atoms with Crippen LogP contribution in [0.3, 0.4) is 0 Å². The van der Waals surface area contributed by atoms with Gasteiger partial charge in [0.2, 0.25) is 5.88 Å². The molecule has 0 atom stereocenters. The lowest BCUT2D eigenvalue weighted by Crippen LogP contribution is -2.38. The minimum Gasteiger partial charge on any atom is -0.481 e. The van der Waals surface area contributed by atoms with Crippen LogP contribution in [0.15, 0.2) is 42.7 Å². The number of pyridine rings is 2. The molecule has 36 heavy (non-hydrogen) atoms. The van der Waals surface area contributed by atoms with Crippen molar-refractivity contribution in [1.82, 2.24) is 9.97 Å². The molecule has 0 unspecified atom stereocenters. The van der Waals surface area contributed by atoms with Crippen LogP contribution in [0.5, 0.6) is 5.88 Å². The van der Waals surface area contributed by atoms with Crippen LogP contribution in [-0.4, -0.2) is 40.7 Å². The van der Waals surface area contributed by atoms with Crippen LogP contribution in [0, 0.1) is 25.1 Å². The Kier molecular flexibility index (Phi) is 7.57. The van der Waals surface area contributed by atoms with Gasteiger partial charge in [-0.3, -0.25) is 9.78 Å². The number of carboxylic acids is 1. The summed E-state index contributed by atoms with van der Waals surface area (Å²) in [5, 5.41) is 9.58. The fourth-order valence-electron chi connectivity index (χ4n) is 4.60. The van der Waals surface area contributed by atoms with E-state index in [9.17, 15) is 9.90 Å². The number of hydrogen-bond donors (Lipinski definition) is 1. The Labute approximate surface area is 212 Å². The normalized spacial score (nSPS) is 15.1. The van der Waals surface area contributed by atoms with Crippen molar-refractivity contribution < 1.29 is 19.0 Å². The number of aliphatic carboxylic acids is 1. The minimum atomic E-state index is -0.919. The number of aryl methyl sites for hydroxylation is 2. The van der Waals surface area contributed by atoms with Crippen LogP contribution in [0.2, 0.25) is 0 Å². The molecule has 1 aromatic carbocycles. The molecular weight excluding hydrogens is 457 g/mol.